The van der Waals surface area contributed by atoms with Gasteiger partial charge in [0.25, 0.3) is 0 Å². The SMILES string of the molecule is CC1=C(C)C(=O)C(C(C)(C)CC(=O)N(C)CCN(CCCC(=O)NCCN2C(=O)C=CC2O)C(=O)Oc2ccc3nc(C#N)sc3c2)=C(C)C1=O. The van der Waals surface area contributed by atoms with E-state index < -0.39 is 17.7 Å². The minimum absolute atomic E-state index is 0.0538. The van der Waals surface area contributed by atoms with Crippen molar-refractivity contribution >= 4 is 56.9 Å². The van der Waals surface area contributed by atoms with E-state index in [4.69, 9.17) is 4.74 Å². The lowest BCUT2D eigenvalue weighted by Gasteiger charge is -2.33. The number of aliphatic hydroxyl groups is 1. The van der Waals surface area contributed by atoms with Crippen LogP contribution in [0.25, 0.3) is 10.2 Å². The molecule has 1 atom stereocenters. The number of allylic oxidation sites excluding steroid dienone is 4. The zero-order valence-corrected chi connectivity index (χ0v) is 30.4. The summed E-state index contributed by atoms with van der Waals surface area (Å²) in [6.07, 6.45) is 1.15. The number of fused-ring (bicyclic) bond motifs is 1. The Bertz CT molecular complexity index is 1900. The van der Waals surface area contributed by atoms with E-state index in [0.717, 1.165) is 11.3 Å². The third-order valence-electron chi connectivity index (χ3n) is 9.03. The van der Waals surface area contributed by atoms with Gasteiger partial charge in [-0.3, -0.25) is 24.0 Å². The Kier molecular flexibility index (Phi) is 12.3. The van der Waals surface area contributed by atoms with Crippen molar-refractivity contribution < 1.29 is 38.6 Å². The van der Waals surface area contributed by atoms with E-state index in [1.54, 1.807) is 59.9 Å². The van der Waals surface area contributed by atoms with Crippen LogP contribution in [0.5, 0.6) is 5.75 Å². The number of rotatable bonds is 14. The number of hydrogen-bond acceptors (Lipinski definition) is 11. The number of ketones is 2. The number of carbonyl (C=O) groups is 6. The molecular weight excluding hydrogens is 676 g/mol. The number of nitrogens with zero attached hydrogens (tertiary/aromatic N) is 5. The molecule has 0 saturated carbocycles. The Balaban J connectivity index is 1.39. The van der Waals surface area contributed by atoms with E-state index in [1.165, 1.54) is 26.9 Å². The van der Waals surface area contributed by atoms with Gasteiger partial charge in [0.15, 0.2) is 16.6 Å². The van der Waals surface area contributed by atoms with Crippen molar-refractivity contribution in [3.63, 3.8) is 0 Å². The third-order valence-corrected chi connectivity index (χ3v) is 9.95. The number of ether oxygens (including phenoxy) is 1. The molecule has 1 unspecified atom stereocenters. The second-order valence-corrected chi connectivity index (χ2v) is 14.2. The number of nitrogens with one attached hydrogen (secondary N) is 1. The molecule has 1 aromatic carbocycles. The average Bonchev–Trinajstić information content (AvgIpc) is 3.65. The Morgan fingerprint density at radius 3 is 2.45 bits per heavy atom. The Hall–Kier alpha value is -5.20. The molecule has 2 aliphatic rings. The monoisotopic (exact) mass is 718 g/mol. The van der Waals surface area contributed by atoms with Crippen molar-refractivity contribution in [1.82, 2.24) is 25.0 Å². The summed E-state index contributed by atoms with van der Waals surface area (Å²) in [5.41, 5.74) is 1.08. The second-order valence-electron chi connectivity index (χ2n) is 13.2. The molecule has 0 saturated heterocycles. The van der Waals surface area contributed by atoms with Crippen LogP contribution in [0.15, 0.2) is 52.6 Å². The number of likely N-dealkylation sites (N-methyl/N-ethyl adjacent to an activating group) is 1. The molecule has 2 aromatic rings. The predicted molar refractivity (Wildman–Crippen MR) is 188 cm³/mol. The highest BCUT2D eigenvalue weighted by molar-refractivity contribution is 7.19. The second kappa shape index (κ2) is 16.2. The molecule has 15 heteroatoms. The quantitative estimate of drug-likeness (QED) is 0.274. The molecule has 0 radical (unpaired) electrons. The van der Waals surface area contributed by atoms with Crippen LogP contribution in [-0.4, -0.2) is 106 Å². The summed E-state index contributed by atoms with van der Waals surface area (Å²) < 4.78 is 6.33. The molecule has 0 spiro atoms. The minimum Gasteiger partial charge on any atom is -0.410 e. The Morgan fingerprint density at radius 1 is 1.08 bits per heavy atom. The van der Waals surface area contributed by atoms with Gasteiger partial charge >= 0.3 is 6.09 Å². The predicted octanol–water partition coefficient (Wildman–Crippen LogP) is 3.26. The highest BCUT2D eigenvalue weighted by atomic mass is 32.1. The maximum atomic E-state index is 13.4. The van der Waals surface area contributed by atoms with Gasteiger partial charge in [-0.1, -0.05) is 13.8 Å². The van der Waals surface area contributed by atoms with Crippen LogP contribution in [0.1, 0.15) is 58.9 Å². The maximum absolute atomic E-state index is 13.4. The zero-order chi connectivity index (χ0) is 37.6. The van der Waals surface area contributed by atoms with E-state index >= 15 is 0 Å². The van der Waals surface area contributed by atoms with Crippen molar-refractivity contribution in [3.8, 4) is 11.8 Å². The van der Waals surface area contributed by atoms with Crippen LogP contribution >= 0.6 is 11.3 Å². The first-order valence-electron chi connectivity index (χ1n) is 16.5. The Labute approximate surface area is 300 Å². The molecule has 4 rings (SSSR count). The summed E-state index contributed by atoms with van der Waals surface area (Å²) in [5.74, 6) is -1.17. The lowest BCUT2D eigenvalue weighted by molar-refractivity contribution is -0.132. The smallest absolute Gasteiger partial charge is 0.410 e. The highest BCUT2D eigenvalue weighted by Gasteiger charge is 2.39. The first-order chi connectivity index (χ1) is 24.0. The van der Waals surface area contributed by atoms with Crippen molar-refractivity contribution in [2.45, 2.75) is 60.1 Å². The molecule has 270 valence electrons. The highest BCUT2D eigenvalue weighted by Crippen LogP contribution is 2.39. The number of aromatic nitrogens is 1. The van der Waals surface area contributed by atoms with Gasteiger partial charge in [-0.2, -0.15) is 5.26 Å². The first kappa shape index (κ1) is 38.6. The summed E-state index contributed by atoms with van der Waals surface area (Å²) in [6, 6.07) is 6.81. The van der Waals surface area contributed by atoms with Gasteiger partial charge in [0.1, 0.15) is 18.0 Å². The summed E-state index contributed by atoms with van der Waals surface area (Å²) in [7, 11) is 1.59. The molecular formula is C36H42N6O8S. The van der Waals surface area contributed by atoms with Crippen LogP contribution in [0, 0.1) is 16.7 Å². The number of aliphatic hydroxyl groups excluding tert-OH is 1. The topological polar surface area (TPSA) is 190 Å². The number of carbonyl (C=O) groups excluding carboxylic acids is 6. The van der Waals surface area contributed by atoms with E-state index in [9.17, 15) is 39.1 Å². The normalized spacial score (nSPS) is 16.2. The van der Waals surface area contributed by atoms with Crippen molar-refractivity contribution in [2.24, 2.45) is 5.41 Å². The zero-order valence-electron chi connectivity index (χ0n) is 29.6. The lowest BCUT2D eigenvalue weighted by atomic mass is 9.71. The van der Waals surface area contributed by atoms with Gasteiger partial charge in [-0.25, -0.2) is 9.78 Å². The fraction of sp³-hybridized carbons (Fsp3) is 0.444. The number of amides is 4. The minimum atomic E-state index is -1.03. The van der Waals surface area contributed by atoms with Crippen LogP contribution in [0.4, 0.5) is 4.79 Å². The van der Waals surface area contributed by atoms with Crippen molar-refractivity contribution in [1.29, 1.82) is 5.26 Å². The maximum Gasteiger partial charge on any atom is 0.415 e. The lowest BCUT2D eigenvalue weighted by Crippen LogP contribution is -2.43. The van der Waals surface area contributed by atoms with E-state index in [1.807, 2.05) is 6.07 Å². The summed E-state index contributed by atoms with van der Waals surface area (Å²) in [4.78, 5) is 85.4. The summed E-state index contributed by atoms with van der Waals surface area (Å²) >= 11 is 1.16. The molecule has 2 heterocycles. The number of benzene rings is 1. The standard InChI is InChI=1S/C36H42N6O8S/c1-21-22(2)34(48)32(23(3)33(21)47)36(4,5)19-31(46)40(6)16-17-41(14-7-8-27(43)38-13-15-42-29(44)11-12-30(42)45)35(49)50-24-9-10-25-26(18-24)51-28(20-37)39-25/h9-12,18,29,44H,7-8,13-17,19H2,1-6H3,(H,38,43). The van der Waals surface area contributed by atoms with Crippen molar-refractivity contribution in [3.05, 3.63) is 57.7 Å². The molecule has 1 aromatic heterocycles. The van der Waals surface area contributed by atoms with Crippen LogP contribution in [0.3, 0.4) is 0 Å². The fourth-order valence-electron chi connectivity index (χ4n) is 5.96. The number of Topliss-reactive ketones (excluding diaryl/α,β-unsaturated/α-hetero) is 2. The van der Waals surface area contributed by atoms with Crippen LogP contribution in [0.2, 0.25) is 0 Å². The van der Waals surface area contributed by atoms with E-state index in [-0.39, 0.29) is 92.0 Å². The van der Waals surface area contributed by atoms with Crippen LogP contribution < -0.4 is 10.1 Å². The van der Waals surface area contributed by atoms with Crippen LogP contribution in [-0.2, 0) is 24.0 Å². The first-order valence-corrected chi connectivity index (χ1v) is 17.3. The summed E-state index contributed by atoms with van der Waals surface area (Å²) in [6.45, 7) is 8.91. The van der Waals surface area contributed by atoms with Gasteiger partial charge in [0, 0.05) is 92.5 Å². The molecule has 1 aliphatic heterocycles. The molecule has 0 fully saturated rings. The van der Waals surface area contributed by atoms with Gasteiger partial charge in [-0.15, -0.1) is 11.3 Å². The van der Waals surface area contributed by atoms with Crippen molar-refractivity contribution in [2.75, 3.05) is 39.8 Å². The molecule has 51 heavy (non-hydrogen) atoms. The molecule has 4 amide bonds. The molecule has 0 bridgehead atoms. The van der Waals surface area contributed by atoms with E-state index in [2.05, 4.69) is 10.3 Å². The molecule has 1 aliphatic carbocycles. The van der Waals surface area contributed by atoms with Gasteiger partial charge in [-0.05, 0) is 45.4 Å². The van der Waals surface area contributed by atoms with E-state index in [0.29, 0.717) is 32.5 Å². The van der Waals surface area contributed by atoms with Gasteiger partial charge < -0.3 is 29.9 Å². The number of nitriles is 1. The van der Waals surface area contributed by atoms with Gasteiger partial charge in [0.05, 0.1) is 10.2 Å². The average molecular weight is 719 g/mol. The number of hydrogen-bond donors (Lipinski definition) is 2. The molecule has 14 nitrogen and oxygen atoms in total. The third kappa shape index (κ3) is 9.13. The molecule has 2 N–H and O–H groups in total. The Morgan fingerprint density at radius 2 is 1.78 bits per heavy atom. The fourth-order valence-corrected chi connectivity index (χ4v) is 6.75. The summed E-state index contributed by atoms with van der Waals surface area (Å²) in [5, 5.41) is 22.0. The number of thiazole rings is 1. The largest absolute Gasteiger partial charge is 0.415 e. The van der Waals surface area contributed by atoms with Gasteiger partial charge in [0.2, 0.25) is 17.7 Å².